The minimum Gasteiger partial charge on any atom is -0.395 e. The molecule has 0 fully saturated rings. The fraction of sp³-hybridized carbons (Fsp3) is 0.538. The van der Waals surface area contributed by atoms with E-state index in [2.05, 4.69) is 21.2 Å². The number of aliphatic hydroxyl groups is 1. The monoisotopic (exact) mass is 354 g/mol. The molecule has 0 aliphatic rings. The molecule has 0 saturated carbocycles. The molecule has 7 heteroatoms. The molecule has 1 aromatic rings. The van der Waals surface area contributed by atoms with Crippen molar-refractivity contribution in [1.29, 1.82) is 0 Å². The summed E-state index contributed by atoms with van der Waals surface area (Å²) in [7, 11) is 1.81. The molecule has 0 amide bonds. The molecule has 0 heterocycles. The van der Waals surface area contributed by atoms with Crippen LogP contribution < -0.4 is 10.2 Å². The number of hydrogen-bond acceptors (Lipinski definition) is 3. The third kappa shape index (κ3) is 4.96. The molecule has 0 aromatic heterocycles. The number of halogens is 4. The van der Waals surface area contributed by atoms with Crippen molar-refractivity contribution in [3.05, 3.63) is 28.2 Å². The SMILES string of the molecule is CNC(C)c1ccc(N(CCO)CC(F)(F)F)c(Br)c1. The summed E-state index contributed by atoms with van der Waals surface area (Å²) in [6, 6.07) is 5.31. The third-order valence-electron chi connectivity index (χ3n) is 2.99. The predicted molar refractivity (Wildman–Crippen MR) is 77.0 cm³/mol. The summed E-state index contributed by atoms with van der Waals surface area (Å²) in [4.78, 5) is 1.11. The molecule has 2 N–H and O–H groups in total. The van der Waals surface area contributed by atoms with E-state index in [9.17, 15) is 13.2 Å². The summed E-state index contributed by atoms with van der Waals surface area (Å²) in [5.74, 6) is 0. The summed E-state index contributed by atoms with van der Waals surface area (Å²) in [6.07, 6.45) is -4.31. The van der Waals surface area contributed by atoms with Gasteiger partial charge in [-0.25, -0.2) is 0 Å². The van der Waals surface area contributed by atoms with Crippen molar-refractivity contribution in [1.82, 2.24) is 5.32 Å². The van der Waals surface area contributed by atoms with Gasteiger partial charge in [-0.05, 0) is 47.6 Å². The van der Waals surface area contributed by atoms with Crippen LogP contribution in [0.4, 0.5) is 18.9 Å². The Bertz CT molecular complexity index is 440. The molecule has 1 unspecified atom stereocenters. The van der Waals surface area contributed by atoms with Gasteiger partial charge < -0.3 is 15.3 Å². The Morgan fingerprint density at radius 3 is 2.50 bits per heavy atom. The molecule has 1 atom stereocenters. The van der Waals surface area contributed by atoms with Crippen molar-refractivity contribution in [2.75, 3.05) is 31.6 Å². The largest absolute Gasteiger partial charge is 0.405 e. The van der Waals surface area contributed by atoms with Crippen molar-refractivity contribution in [3.8, 4) is 0 Å². The fourth-order valence-electron chi connectivity index (χ4n) is 1.84. The van der Waals surface area contributed by atoms with E-state index in [0.29, 0.717) is 10.2 Å². The number of hydrogen-bond donors (Lipinski definition) is 2. The molecular formula is C13H18BrF3N2O. The topological polar surface area (TPSA) is 35.5 Å². The Hall–Kier alpha value is -0.790. The van der Waals surface area contributed by atoms with Gasteiger partial charge in [0.05, 0.1) is 12.3 Å². The first-order valence-corrected chi connectivity index (χ1v) is 6.97. The van der Waals surface area contributed by atoms with Gasteiger partial charge in [0, 0.05) is 17.1 Å². The number of benzene rings is 1. The second kappa shape index (κ2) is 7.28. The molecule has 20 heavy (non-hydrogen) atoms. The van der Waals surface area contributed by atoms with E-state index < -0.39 is 12.7 Å². The molecule has 1 rings (SSSR count). The summed E-state index contributed by atoms with van der Waals surface area (Å²) < 4.78 is 38.3. The minimum atomic E-state index is -4.31. The average molecular weight is 355 g/mol. The smallest absolute Gasteiger partial charge is 0.395 e. The Morgan fingerprint density at radius 1 is 1.40 bits per heavy atom. The van der Waals surface area contributed by atoms with Gasteiger partial charge in [0.25, 0.3) is 0 Å². The molecule has 114 valence electrons. The zero-order chi connectivity index (χ0) is 15.3. The van der Waals surface area contributed by atoms with E-state index in [1.165, 1.54) is 0 Å². The number of rotatable bonds is 6. The van der Waals surface area contributed by atoms with E-state index in [0.717, 1.165) is 10.5 Å². The second-order valence-electron chi connectivity index (χ2n) is 4.48. The number of anilines is 1. The van der Waals surface area contributed by atoms with Gasteiger partial charge in [-0.15, -0.1) is 0 Å². The molecule has 0 radical (unpaired) electrons. The highest BCUT2D eigenvalue weighted by Gasteiger charge is 2.31. The molecule has 3 nitrogen and oxygen atoms in total. The number of nitrogens with one attached hydrogen (secondary N) is 1. The number of nitrogens with zero attached hydrogens (tertiary/aromatic N) is 1. The highest BCUT2D eigenvalue weighted by atomic mass is 79.9. The lowest BCUT2D eigenvalue weighted by Gasteiger charge is -2.27. The Kier molecular flexibility index (Phi) is 6.29. The van der Waals surface area contributed by atoms with Crippen LogP contribution in [-0.4, -0.2) is 38.0 Å². The fourth-order valence-corrected chi connectivity index (χ4v) is 2.48. The highest BCUT2D eigenvalue weighted by molar-refractivity contribution is 9.10. The maximum absolute atomic E-state index is 12.6. The molecular weight excluding hydrogens is 337 g/mol. The number of alkyl halides is 3. The first-order valence-electron chi connectivity index (χ1n) is 6.17. The minimum absolute atomic E-state index is 0.0704. The van der Waals surface area contributed by atoms with Crippen LogP contribution in [0.25, 0.3) is 0 Å². The van der Waals surface area contributed by atoms with Crippen LogP contribution in [0, 0.1) is 0 Å². The molecule has 0 bridgehead atoms. The van der Waals surface area contributed by atoms with Gasteiger partial charge in [0.15, 0.2) is 0 Å². The van der Waals surface area contributed by atoms with E-state index in [-0.39, 0.29) is 19.2 Å². The molecule has 0 spiro atoms. The van der Waals surface area contributed by atoms with Crippen molar-refractivity contribution in [2.24, 2.45) is 0 Å². The summed E-state index contributed by atoms with van der Waals surface area (Å²) in [5.41, 5.74) is 1.39. The summed E-state index contributed by atoms with van der Waals surface area (Å²) in [5, 5.41) is 12.0. The van der Waals surface area contributed by atoms with Gasteiger partial charge in [-0.3, -0.25) is 0 Å². The van der Waals surface area contributed by atoms with Crippen LogP contribution in [0.1, 0.15) is 18.5 Å². The van der Waals surface area contributed by atoms with Gasteiger partial charge in [0.2, 0.25) is 0 Å². The van der Waals surface area contributed by atoms with E-state index in [1.54, 1.807) is 18.2 Å². The lowest BCUT2D eigenvalue weighted by molar-refractivity contribution is -0.119. The maximum Gasteiger partial charge on any atom is 0.405 e. The highest BCUT2D eigenvalue weighted by Crippen LogP contribution is 2.31. The van der Waals surface area contributed by atoms with Crippen LogP contribution >= 0.6 is 15.9 Å². The normalized spacial score (nSPS) is 13.3. The Balaban J connectivity index is 3.02. The standard InChI is InChI=1S/C13H18BrF3N2O/c1-9(18-2)10-3-4-12(11(14)7-10)19(5-6-20)8-13(15,16)17/h3-4,7,9,18,20H,5-6,8H2,1-2H3. The summed E-state index contributed by atoms with van der Waals surface area (Å²) >= 11 is 3.30. The lowest BCUT2D eigenvalue weighted by atomic mass is 10.1. The molecule has 0 aliphatic heterocycles. The molecule has 0 saturated heterocycles. The van der Waals surface area contributed by atoms with Crippen LogP contribution in [0.15, 0.2) is 22.7 Å². The van der Waals surface area contributed by atoms with Crippen molar-refractivity contribution in [3.63, 3.8) is 0 Å². The number of aliphatic hydroxyl groups excluding tert-OH is 1. The average Bonchev–Trinajstić information content (AvgIpc) is 2.35. The maximum atomic E-state index is 12.6. The van der Waals surface area contributed by atoms with Crippen LogP contribution in [0.2, 0.25) is 0 Å². The zero-order valence-corrected chi connectivity index (χ0v) is 12.9. The quantitative estimate of drug-likeness (QED) is 0.823. The van der Waals surface area contributed by atoms with Crippen molar-refractivity contribution < 1.29 is 18.3 Å². The van der Waals surface area contributed by atoms with E-state index in [4.69, 9.17) is 5.11 Å². The zero-order valence-electron chi connectivity index (χ0n) is 11.3. The van der Waals surface area contributed by atoms with E-state index >= 15 is 0 Å². The van der Waals surface area contributed by atoms with Crippen LogP contribution in [0.3, 0.4) is 0 Å². The first kappa shape index (κ1) is 17.3. The Morgan fingerprint density at radius 2 is 2.05 bits per heavy atom. The van der Waals surface area contributed by atoms with Crippen molar-refractivity contribution in [2.45, 2.75) is 19.1 Å². The molecule has 0 aliphatic carbocycles. The van der Waals surface area contributed by atoms with Gasteiger partial charge in [-0.2, -0.15) is 13.2 Å². The second-order valence-corrected chi connectivity index (χ2v) is 5.34. The predicted octanol–water partition coefficient (Wildman–Crippen LogP) is 3.09. The van der Waals surface area contributed by atoms with Gasteiger partial charge in [-0.1, -0.05) is 6.07 Å². The first-order chi connectivity index (χ1) is 9.28. The molecule has 1 aromatic carbocycles. The van der Waals surface area contributed by atoms with Crippen LogP contribution in [-0.2, 0) is 0 Å². The van der Waals surface area contributed by atoms with Crippen molar-refractivity contribution >= 4 is 21.6 Å². The Labute approximate surface area is 124 Å². The lowest BCUT2D eigenvalue weighted by Crippen LogP contribution is -2.36. The van der Waals surface area contributed by atoms with Gasteiger partial charge in [0.1, 0.15) is 6.54 Å². The third-order valence-corrected chi connectivity index (χ3v) is 3.62. The summed E-state index contributed by atoms with van der Waals surface area (Å²) in [6.45, 7) is 0.464. The van der Waals surface area contributed by atoms with Gasteiger partial charge >= 0.3 is 6.18 Å². The van der Waals surface area contributed by atoms with Crippen LogP contribution in [0.5, 0.6) is 0 Å². The van der Waals surface area contributed by atoms with E-state index in [1.807, 2.05) is 14.0 Å².